The van der Waals surface area contributed by atoms with Crippen LogP contribution in [0.5, 0.6) is 0 Å². The number of rotatable bonds is 7. The minimum Gasteiger partial charge on any atom is -0.375 e. The molecule has 0 bridgehead atoms. The molecular formula is C21H29N3O2. The number of aryl methyl sites for hydroxylation is 1. The van der Waals surface area contributed by atoms with E-state index in [-0.39, 0.29) is 12.0 Å². The molecule has 5 nitrogen and oxygen atoms in total. The molecule has 1 fully saturated rings. The number of hydrogen-bond donors (Lipinski definition) is 1. The van der Waals surface area contributed by atoms with E-state index in [1.807, 2.05) is 17.0 Å². The highest BCUT2D eigenvalue weighted by molar-refractivity contribution is 5.92. The maximum Gasteiger partial charge on any atom is 0.274 e. The van der Waals surface area contributed by atoms with Gasteiger partial charge >= 0.3 is 0 Å². The Balaban J connectivity index is 1.49. The average molecular weight is 355 g/mol. The Hall–Kier alpha value is -2.14. The second-order valence-corrected chi connectivity index (χ2v) is 7.50. The SMILES string of the molecule is CC(C)Cc1cc(C(=O)N2CCOC(CCCc3ccccc3)C2)n[nH]1. The van der Waals surface area contributed by atoms with Crippen LogP contribution in [-0.4, -0.2) is 46.8 Å². The number of hydrogen-bond acceptors (Lipinski definition) is 3. The van der Waals surface area contributed by atoms with Crippen molar-refractivity contribution >= 4 is 5.91 Å². The van der Waals surface area contributed by atoms with E-state index < -0.39 is 0 Å². The number of H-pyrrole nitrogens is 1. The number of morpholine rings is 1. The van der Waals surface area contributed by atoms with Gasteiger partial charge in [0.25, 0.3) is 5.91 Å². The number of ether oxygens (including phenoxy) is 1. The van der Waals surface area contributed by atoms with Crippen molar-refractivity contribution in [1.82, 2.24) is 15.1 Å². The van der Waals surface area contributed by atoms with Gasteiger partial charge in [0, 0.05) is 18.8 Å². The number of aromatic amines is 1. The second-order valence-electron chi connectivity index (χ2n) is 7.50. The third kappa shape index (κ3) is 5.18. The average Bonchev–Trinajstić information content (AvgIpc) is 3.10. The van der Waals surface area contributed by atoms with Crippen molar-refractivity contribution in [2.45, 2.75) is 45.6 Å². The largest absolute Gasteiger partial charge is 0.375 e. The van der Waals surface area contributed by atoms with Gasteiger partial charge < -0.3 is 9.64 Å². The molecule has 1 saturated heterocycles. The van der Waals surface area contributed by atoms with Crippen molar-refractivity contribution in [2.24, 2.45) is 5.92 Å². The first-order valence-corrected chi connectivity index (χ1v) is 9.61. The lowest BCUT2D eigenvalue weighted by atomic mass is 10.0. The number of nitrogens with zero attached hydrogens (tertiary/aromatic N) is 2. The number of carbonyl (C=O) groups is 1. The van der Waals surface area contributed by atoms with Crippen LogP contribution < -0.4 is 0 Å². The predicted molar refractivity (Wildman–Crippen MR) is 102 cm³/mol. The summed E-state index contributed by atoms with van der Waals surface area (Å²) in [6, 6.07) is 12.4. The fourth-order valence-corrected chi connectivity index (χ4v) is 3.43. The monoisotopic (exact) mass is 355 g/mol. The van der Waals surface area contributed by atoms with Gasteiger partial charge in [-0.25, -0.2) is 0 Å². The molecule has 26 heavy (non-hydrogen) atoms. The quantitative estimate of drug-likeness (QED) is 0.827. The van der Waals surface area contributed by atoms with Crippen molar-refractivity contribution in [3.8, 4) is 0 Å². The molecule has 1 aromatic heterocycles. The molecule has 0 saturated carbocycles. The number of carbonyl (C=O) groups excluding carboxylic acids is 1. The van der Waals surface area contributed by atoms with Gasteiger partial charge in [0.2, 0.25) is 0 Å². The Morgan fingerprint density at radius 3 is 2.92 bits per heavy atom. The number of nitrogens with one attached hydrogen (secondary N) is 1. The summed E-state index contributed by atoms with van der Waals surface area (Å²) in [6.07, 6.45) is 4.11. The molecule has 0 aliphatic carbocycles. The summed E-state index contributed by atoms with van der Waals surface area (Å²) in [5.74, 6) is 0.545. The molecule has 0 radical (unpaired) electrons. The van der Waals surface area contributed by atoms with Crippen LogP contribution in [0.3, 0.4) is 0 Å². The third-order valence-electron chi connectivity index (χ3n) is 4.74. The zero-order valence-electron chi connectivity index (χ0n) is 15.8. The summed E-state index contributed by atoms with van der Waals surface area (Å²) in [6.45, 7) is 6.21. The van der Waals surface area contributed by atoms with Crippen LogP contribution in [0.25, 0.3) is 0 Å². The fourth-order valence-electron chi connectivity index (χ4n) is 3.43. The van der Waals surface area contributed by atoms with Gasteiger partial charge in [-0.1, -0.05) is 44.2 Å². The first kappa shape index (κ1) is 18.6. The Morgan fingerprint density at radius 1 is 1.35 bits per heavy atom. The van der Waals surface area contributed by atoms with E-state index in [2.05, 4.69) is 48.3 Å². The van der Waals surface area contributed by atoms with Crippen LogP contribution in [0, 0.1) is 5.92 Å². The van der Waals surface area contributed by atoms with Crippen molar-refractivity contribution in [3.63, 3.8) is 0 Å². The summed E-state index contributed by atoms with van der Waals surface area (Å²) in [5, 5.41) is 7.21. The van der Waals surface area contributed by atoms with Gasteiger partial charge in [-0.2, -0.15) is 5.10 Å². The van der Waals surface area contributed by atoms with Gasteiger partial charge in [-0.15, -0.1) is 0 Å². The van der Waals surface area contributed by atoms with Crippen molar-refractivity contribution in [1.29, 1.82) is 0 Å². The van der Waals surface area contributed by atoms with Crippen LogP contribution in [0.4, 0.5) is 0 Å². The van der Waals surface area contributed by atoms with E-state index in [9.17, 15) is 4.79 Å². The maximum atomic E-state index is 12.7. The summed E-state index contributed by atoms with van der Waals surface area (Å²) in [4.78, 5) is 14.6. The second kappa shape index (κ2) is 8.99. The van der Waals surface area contributed by atoms with Crippen LogP contribution in [0.15, 0.2) is 36.4 Å². The van der Waals surface area contributed by atoms with Gasteiger partial charge in [0.15, 0.2) is 0 Å². The Morgan fingerprint density at radius 2 is 2.15 bits per heavy atom. The molecule has 1 aliphatic heterocycles. The highest BCUT2D eigenvalue weighted by Crippen LogP contribution is 2.16. The number of aromatic nitrogens is 2. The summed E-state index contributed by atoms with van der Waals surface area (Å²) in [5.41, 5.74) is 2.90. The molecule has 1 atom stereocenters. The minimum atomic E-state index is 0.00705. The summed E-state index contributed by atoms with van der Waals surface area (Å²) in [7, 11) is 0. The van der Waals surface area contributed by atoms with E-state index in [1.165, 1.54) is 5.56 Å². The van der Waals surface area contributed by atoms with Crippen molar-refractivity contribution < 1.29 is 9.53 Å². The van der Waals surface area contributed by atoms with E-state index in [1.54, 1.807) is 0 Å². The first-order chi connectivity index (χ1) is 12.6. The van der Waals surface area contributed by atoms with Crippen LogP contribution in [-0.2, 0) is 17.6 Å². The van der Waals surface area contributed by atoms with E-state index in [0.29, 0.717) is 31.3 Å². The number of benzene rings is 1. The molecule has 3 rings (SSSR count). The summed E-state index contributed by atoms with van der Waals surface area (Å²) < 4.78 is 5.87. The first-order valence-electron chi connectivity index (χ1n) is 9.61. The molecule has 140 valence electrons. The lowest BCUT2D eigenvalue weighted by molar-refractivity contribution is -0.0256. The fraction of sp³-hybridized carbons (Fsp3) is 0.524. The molecule has 1 amide bonds. The van der Waals surface area contributed by atoms with Crippen LogP contribution in [0.1, 0.15) is 48.4 Å². The zero-order chi connectivity index (χ0) is 18.4. The molecule has 5 heteroatoms. The summed E-state index contributed by atoms with van der Waals surface area (Å²) >= 11 is 0. The molecular weight excluding hydrogens is 326 g/mol. The van der Waals surface area contributed by atoms with Crippen molar-refractivity contribution in [2.75, 3.05) is 19.7 Å². The van der Waals surface area contributed by atoms with Crippen LogP contribution in [0.2, 0.25) is 0 Å². The van der Waals surface area contributed by atoms with Gasteiger partial charge in [0.05, 0.1) is 12.7 Å². The zero-order valence-corrected chi connectivity index (χ0v) is 15.8. The van der Waals surface area contributed by atoms with Crippen LogP contribution >= 0.6 is 0 Å². The molecule has 1 unspecified atom stereocenters. The van der Waals surface area contributed by atoms with Gasteiger partial charge in [-0.05, 0) is 43.2 Å². The maximum absolute atomic E-state index is 12.7. The molecule has 0 spiro atoms. The topological polar surface area (TPSA) is 58.2 Å². The highest BCUT2D eigenvalue weighted by atomic mass is 16.5. The molecule has 1 N–H and O–H groups in total. The number of amides is 1. The van der Waals surface area contributed by atoms with Gasteiger partial charge in [-0.3, -0.25) is 9.89 Å². The third-order valence-corrected chi connectivity index (χ3v) is 4.74. The van der Waals surface area contributed by atoms with E-state index in [0.717, 1.165) is 31.4 Å². The normalized spacial score (nSPS) is 17.7. The lowest BCUT2D eigenvalue weighted by Gasteiger charge is -2.32. The van der Waals surface area contributed by atoms with Crippen molar-refractivity contribution in [3.05, 3.63) is 53.3 Å². The lowest BCUT2D eigenvalue weighted by Crippen LogP contribution is -2.45. The van der Waals surface area contributed by atoms with E-state index >= 15 is 0 Å². The minimum absolute atomic E-state index is 0.00705. The molecule has 1 aromatic carbocycles. The Labute approximate surface area is 155 Å². The predicted octanol–water partition coefficient (Wildman–Crippen LogP) is 3.47. The highest BCUT2D eigenvalue weighted by Gasteiger charge is 2.26. The smallest absolute Gasteiger partial charge is 0.274 e. The Kier molecular flexibility index (Phi) is 6.45. The Bertz CT molecular complexity index is 696. The molecule has 2 aromatic rings. The standard InChI is InChI=1S/C21H29N3O2/c1-16(2)13-18-14-20(23-22-18)21(25)24-11-12-26-19(15-24)10-6-9-17-7-4-3-5-8-17/h3-5,7-8,14,16,19H,6,9-13,15H2,1-2H3,(H,22,23). The van der Waals surface area contributed by atoms with Gasteiger partial charge in [0.1, 0.15) is 5.69 Å². The molecule has 2 heterocycles. The van der Waals surface area contributed by atoms with E-state index in [4.69, 9.17) is 4.74 Å². The molecule has 1 aliphatic rings.